The van der Waals surface area contributed by atoms with Crippen LogP contribution in [-0.4, -0.2) is 56.6 Å². The zero-order valence-corrected chi connectivity index (χ0v) is 20.2. The minimum Gasteiger partial charge on any atom is -0.493 e. The van der Waals surface area contributed by atoms with Gasteiger partial charge in [-0.3, -0.25) is 9.59 Å². The lowest BCUT2D eigenvalue weighted by Gasteiger charge is -2.39. The van der Waals surface area contributed by atoms with Crippen molar-refractivity contribution in [1.29, 1.82) is 0 Å². The Morgan fingerprint density at radius 2 is 1.68 bits per heavy atom. The second-order valence-corrected chi connectivity index (χ2v) is 8.93. The Bertz CT molecular complexity index is 971. The van der Waals surface area contributed by atoms with Crippen molar-refractivity contribution in [2.24, 2.45) is 0 Å². The van der Waals surface area contributed by atoms with Crippen LogP contribution in [0.5, 0.6) is 11.5 Å². The number of likely N-dealkylation sites (N-methyl/N-ethyl adjacent to an activating group) is 1. The summed E-state index contributed by atoms with van der Waals surface area (Å²) >= 11 is 0. The summed E-state index contributed by atoms with van der Waals surface area (Å²) in [4.78, 5) is 27.3. The molecule has 2 amide bonds. The van der Waals surface area contributed by atoms with Gasteiger partial charge in [0.2, 0.25) is 0 Å². The average Bonchev–Trinajstić information content (AvgIpc) is 3.09. The molecule has 8 heteroatoms. The molecule has 1 aliphatic rings. The number of benzene rings is 2. The van der Waals surface area contributed by atoms with Gasteiger partial charge in [0, 0.05) is 23.3 Å². The first-order valence-electron chi connectivity index (χ1n) is 11.6. The maximum atomic E-state index is 13.0. The summed E-state index contributed by atoms with van der Waals surface area (Å²) in [5, 5.41) is 5.73. The molecular formula is C26H34FN3O4. The smallest absolute Gasteiger partial charge is 0.262 e. The van der Waals surface area contributed by atoms with Gasteiger partial charge >= 0.3 is 0 Å². The highest BCUT2D eigenvalue weighted by Crippen LogP contribution is 2.31. The van der Waals surface area contributed by atoms with Gasteiger partial charge in [0.05, 0.1) is 7.11 Å². The molecule has 1 aliphatic carbocycles. The van der Waals surface area contributed by atoms with Gasteiger partial charge < -0.3 is 25.0 Å². The van der Waals surface area contributed by atoms with E-state index in [9.17, 15) is 14.0 Å². The van der Waals surface area contributed by atoms with Gasteiger partial charge in [0.15, 0.2) is 18.1 Å². The molecule has 0 heterocycles. The Morgan fingerprint density at radius 1 is 1.00 bits per heavy atom. The first kappa shape index (κ1) is 25.5. The lowest BCUT2D eigenvalue weighted by Crippen LogP contribution is -2.52. The van der Waals surface area contributed by atoms with Gasteiger partial charge in [0.1, 0.15) is 5.82 Å². The molecule has 0 atom stereocenters. The fourth-order valence-electron chi connectivity index (χ4n) is 4.32. The summed E-state index contributed by atoms with van der Waals surface area (Å²) in [7, 11) is 5.65. The topological polar surface area (TPSA) is 79.9 Å². The molecule has 3 rings (SSSR count). The molecule has 1 fully saturated rings. The Kier molecular flexibility index (Phi) is 8.87. The SMILES string of the molecule is COc1cc(C(=O)NCC2(N(C)C)CCCCCC2)ccc1OCC(=O)Nc1ccc(F)cc1. The van der Waals surface area contributed by atoms with E-state index in [0.717, 1.165) is 12.8 Å². The number of hydrogen-bond donors (Lipinski definition) is 2. The van der Waals surface area contributed by atoms with Crippen LogP contribution in [-0.2, 0) is 4.79 Å². The molecule has 1 saturated carbocycles. The number of carbonyl (C=O) groups is 2. The summed E-state index contributed by atoms with van der Waals surface area (Å²) in [6.07, 6.45) is 6.95. The molecule has 0 radical (unpaired) electrons. The third-order valence-corrected chi connectivity index (χ3v) is 6.47. The third-order valence-electron chi connectivity index (χ3n) is 6.47. The van der Waals surface area contributed by atoms with E-state index >= 15 is 0 Å². The second-order valence-electron chi connectivity index (χ2n) is 8.93. The highest BCUT2D eigenvalue weighted by Gasteiger charge is 2.33. The number of nitrogens with one attached hydrogen (secondary N) is 2. The van der Waals surface area contributed by atoms with Crippen molar-refractivity contribution in [3.63, 3.8) is 0 Å². The van der Waals surface area contributed by atoms with E-state index in [-0.39, 0.29) is 23.9 Å². The summed E-state index contributed by atoms with van der Waals surface area (Å²) in [6, 6.07) is 10.3. The van der Waals surface area contributed by atoms with E-state index in [1.165, 1.54) is 57.1 Å². The van der Waals surface area contributed by atoms with Crippen molar-refractivity contribution in [3.8, 4) is 11.5 Å². The zero-order chi connectivity index (χ0) is 24.6. The highest BCUT2D eigenvalue weighted by molar-refractivity contribution is 5.95. The molecule has 0 aliphatic heterocycles. The van der Waals surface area contributed by atoms with Gasteiger partial charge in [-0.25, -0.2) is 4.39 Å². The molecule has 0 aromatic heterocycles. The Balaban J connectivity index is 1.59. The quantitative estimate of drug-likeness (QED) is 0.535. The van der Waals surface area contributed by atoms with Crippen LogP contribution in [0.25, 0.3) is 0 Å². The van der Waals surface area contributed by atoms with E-state index in [0.29, 0.717) is 29.3 Å². The zero-order valence-electron chi connectivity index (χ0n) is 20.2. The van der Waals surface area contributed by atoms with Crippen LogP contribution in [0, 0.1) is 5.82 Å². The van der Waals surface area contributed by atoms with Gasteiger partial charge in [-0.05, 0) is 69.4 Å². The van der Waals surface area contributed by atoms with Crippen molar-refractivity contribution in [2.45, 2.75) is 44.1 Å². The number of carbonyl (C=O) groups excluding carboxylic acids is 2. The van der Waals surface area contributed by atoms with E-state index in [1.807, 2.05) is 0 Å². The maximum Gasteiger partial charge on any atom is 0.262 e. The van der Waals surface area contributed by atoms with Crippen molar-refractivity contribution < 1.29 is 23.5 Å². The minimum atomic E-state index is -0.395. The summed E-state index contributed by atoms with van der Waals surface area (Å²) in [5.41, 5.74) is 0.901. The van der Waals surface area contributed by atoms with Crippen molar-refractivity contribution >= 4 is 17.5 Å². The predicted molar refractivity (Wildman–Crippen MR) is 130 cm³/mol. The molecule has 0 spiro atoms. The standard InChI is InChI=1S/C26H34FN3O4/c1-30(2)26(14-6-4-5-7-15-26)18-28-25(32)19-8-13-22(23(16-19)33-3)34-17-24(31)29-21-11-9-20(27)10-12-21/h8-13,16H,4-7,14-15,17-18H2,1-3H3,(H,28,32)(H,29,31). The fourth-order valence-corrected chi connectivity index (χ4v) is 4.32. The van der Waals surface area contributed by atoms with Crippen molar-refractivity contribution in [1.82, 2.24) is 10.2 Å². The lowest BCUT2D eigenvalue weighted by atomic mass is 9.88. The van der Waals surface area contributed by atoms with E-state index in [2.05, 4.69) is 29.6 Å². The van der Waals surface area contributed by atoms with Gasteiger partial charge in [-0.15, -0.1) is 0 Å². The van der Waals surface area contributed by atoms with E-state index in [4.69, 9.17) is 9.47 Å². The Labute approximate surface area is 200 Å². The molecule has 0 saturated heterocycles. The lowest BCUT2D eigenvalue weighted by molar-refractivity contribution is -0.118. The van der Waals surface area contributed by atoms with Gasteiger partial charge in [0.25, 0.3) is 11.8 Å². The highest BCUT2D eigenvalue weighted by atomic mass is 19.1. The monoisotopic (exact) mass is 471 g/mol. The molecule has 7 nitrogen and oxygen atoms in total. The molecule has 34 heavy (non-hydrogen) atoms. The number of methoxy groups -OCH3 is 1. The van der Waals surface area contributed by atoms with Crippen LogP contribution in [0.15, 0.2) is 42.5 Å². The van der Waals surface area contributed by atoms with Crippen LogP contribution in [0.3, 0.4) is 0 Å². The molecular weight excluding hydrogens is 437 g/mol. The van der Waals surface area contributed by atoms with E-state index in [1.54, 1.807) is 18.2 Å². The number of nitrogens with zero attached hydrogens (tertiary/aromatic N) is 1. The van der Waals surface area contributed by atoms with Gasteiger partial charge in [-0.1, -0.05) is 25.7 Å². The second kappa shape index (κ2) is 11.8. The fraction of sp³-hybridized carbons (Fsp3) is 0.462. The summed E-state index contributed by atoms with van der Waals surface area (Å²) in [5.74, 6) is -0.243. The normalized spacial score (nSPS) is 15.3. The van der Waals surface area contributed by atoms with Crippen LogP contribution in [0.4, 0.5) is 10.1 Å². The van der Waals surface area contributed by atoms with Crippen molar-refractivity contribution in [3.05, 3.63) is 53.8 Å². The molecule has 2 aromatic carbocycles. The number of ether oxygens (including phenoxy) is 2. The third kappa shape index (κ3) is 6.70. The van der Waals surface area contributed by atoms with Crippen LogP contribution in [0.1, 0.15) is 48.9 Å². The van der Waals surface area contributed by atoms with Crippen LogP contribution in [0.2, 0.25) is 0 Å². The van der Waals surface area contributed by atoms with E-state index < -0.39 is 5.91 Å². The number of anilines is 1. The van der Waals surface area contributed by atoms with Gasteiger partial charge in [-0.2, -0.15) is 0 Å². The predicted octanol–water partition coefficient (Wildman–Crippen LogP) is 4.24. The Morgan fingerprint density at radius 3 is 2.29 bits per heavy atom. The Hall–Kier alpha value is -3.13. The minimum absolute atomic E-state index is 0.0306. The number of amides is 2. The van der Waals surface area contributed by atoms with Crippen LogP contribution >= 0.6 is 0 Å². The molecule has 2 aromatic rings. The molecule has 184 valence electrons. The first-order valence-corrected chi connectivity index (χ1v) is 11.6. The number of hydrogen-bond acceptors (Lipinski definition) is 5. The summed E-state index contributed by atoms with van der Waals surface area (Å²) in [6.45, 7) is 0.327. The number of halogens is 1. The van der Waals surface area contributed by atoms with Crippen LogP contribution < -0.4 is 20.1 Å². The molecule has 2 N–H and O–H groups in total. The first-order chi connectivity index (χ1) is 16.3. The van der Waals surface area contributed by atoms with Crippen molar-refractivity contribution in [2.75, 3.05) is 39.7 Å². The summed E-state index contributed by atoms with van der Waals surface area (Å²) < 4.78 is 24.0. The number of rotatable bonds is 9. The molecule has 0 unspecified atom stereocenters. The average molecular weight is 472 g/mol. The largest absolute Gasteiger partial charge is 0.493 e. The molecule has 0 bridgehead atoms. The maximum absolute atomic E-state index is 13.0.